The van der Waals surface area contributed by atoms with Crippen molar-refractivity contribution in [1.82, 2.24) is 5.32 Å². The zero-order valence-corrected chi connectivity index (χ0v) is 11.1. The predicted octanol–water partition coefficient (Wildman–Crippen LogP) is 2.30. The van der Waals surface area contributed by atoms with Crippen LogP contribution in [0.4, 0.5) is 4.39 Å². The maximum Gasteiger partial charge on any atom is 0.303 e. The van der Waals surface area contributed by atoms with Crippen LogP contribution < -0.4 is 5.32 Å². The second kappa shape index (κ2) is 8.14. The van der Waals surface area contributed by atoms with E-state index >= 15 is 0 Å². The van der Waals surface area contributed by atoms with Crippen molar-refractivity contribution in [2.24, 2.45) is 0 Å². The Bertz CT molecular complexity index is 476. The third-order valence-electron chi connectivity index (χ3n) is 2.80. The van der Waals surface area contributed by atoms with Gasteiger partial charge in [0.1, 0.15) is 11.6 Å². The van der Waals surface area contributed by atoms with Gasteiger partial charge in [0.2, 0.25) is 0 Å². The van der Waals surface area contributed by atoms with Crippen LogP contribution in [0.2, 0.25) is 0 Å². The molecule has 0 unspecified atom stereocenters. The summed E-state index contributed by atoms with van der Waals surface area (Å²) >= 11 is 0. The van der Waals surface area contributed by atoms with Crippen LogP contribution in [0.5, 0.6) is 5.75 Å². The van der Waals surface area contributed by atoms with Crippen molar-refractivity contribution in [2.45, 2.75) is 32.1 Å². The molecule has 0 spiro atoms. The summed E-state index contributed by atoms with van der Waals surface area (Å²) in [6, 6.07) is 3.37. The summed E-state index contributed by atoms with van der Waals surface area (Å²) in [5, 5.41) is 20.1. The van der Waals surface area contributed by atoms with Gasteiger partial charge < -0.3 is 15.5 Å². The average molecular weight is 283 g/mol. The summed E-state index contributed by atoms with van der Waals surface area (Å²) in [7, 11) is 0. The van der Waals surface area contributed by atoms with Gasteiger partial charge in [-0.2, -0.15) is 0 Å². The lowest BCUT2D eigenvalue weighted by molar-refractivity contribution is -0.137. The summed E-state index contributed by atoms with van der Waals surface area (Å²) in [6.45, 7) is 0.409. The van der Waals surface area contributed by atoms with E-state index in [-0.39, 0.29) is 17.7 Å². The summed E-state index contributed by atoms with van der Waals surface area (Å²) in [5.41, 5.74) is -0.103. The van der Waals surface area contributed by atoms with Crippen molar-refractivity contribution in [3.8, 4) is 5.75 Å². The number of halogens is 1. The summed E-state index contributed by atoms with van der Waals surface area (Å²) in [6.07, 6.45) is 3.09. The van der Waals surface area contributed by atoms with Crippen molar-refractivity contribution in [2.75, 3.05) is 6.54 Å². The van der Waals surface area contributed by atoms with E-state index in [0.717, 1.165) is 18.9 Å². The number of phenolic OH excluding ortho intramolecular Hbond substituents is 1. The van der Waals surface area contributed by atoms with Gasteiger partial charge >= 0.3 is 5.97 Å². The minimum Gasteiger partial charge on any atom is -0.508 e. The molecule has 1 aromatic carbocycles. The average Bonchev–Trinajstić information content (AvgIpc) is 2.37. The molecule has 0 radical (unpaired) electrons. The Balaban J connectivity index is 2.22. The highest BCUT2D eigenvalue weighted by Gasteiger charge is 2.11. The van der Waals surface area contributed by atoms with Gasteiger partial charge in [0.05, 0.1) is 5.56 Å². The molecule has 0 atom stereocenters. The number of aromatic hydroxyl groups is 1. The van der Waals surface area contributed by atoms with E-state index in [1.807, 2.05) is 0 Å². The first-order valence-corrected chi connectivity index (χ1v) is 6.49. The lowest BCUT2D eigenvalue weighted by atomic mass is 10.1. The number of carboxylic acid groups (broad SMARTS) is 1. The molecular formula is C14H18FNO4. The van der Waals surface area contributed by atoms with Crippen LogP contribution in [-0.4, -0.2) is 28.6 Å². The molecule has 1 amide bonds. The minimum absolute atomic E-state index is 0.103. The molecule has 0 saturated heterocycles. The lowest BCUT2D eigenvalue weighted by Gasteiger charge is -2.06. The first-order chi connectivity index (χ1) is 9.50. The summed E-state index contributed by atoms with van der Waals surface area (Å²) < 4.78 is 13.4. The number of carbonyl (C=O) groups excluding carboxylic acids is 1. The predicted molar refractivity (Wildman–Crippen MR) is 71.1 cm³/mol. The van der Waals surface area contributed by atoms with E-state index in [1.165, 1.54) is 12.1 Å². The van der Waals surface area contributed by atoms with Crippen molar-refractivity contribution < 1.29 is 24.2 Å². The molecule has 20 heavy (non-hydrogen) atoms. The Morgan fingerprint density at radius 2 is 1.85 bits per heavy atom. The number of carbonyl (C=O) groups is 2. The van der Waals surface area contributed by atoms with Crippen molar-refractivity contribution in [3.63, 3.8) is 0 Å². The molecule has 0 aromatic heterocycles. The van der Waals surface area contributed by atoms with Crippen LogP contribution in [-0.2, 0) is 4.79 Å². The second-order valence-corrected chi connectivity index (χ2v) is 4.48. The molecule has 0 aliphatic carbocycles. The van der Waals surface area contributed by atoms with Gasteiger partial charge in [-0.1, -0.05) is 12.8 Å². The molecule has 1 aromatic rings. The van der Waals surface area contributed by atoms with Gasteiger partial charge in [-0.05, 0) is 25.0 Å². The Hall–Kier alpha value is -2.11. The van der Waals surface area contributed by atoms with Gasteiger partial charge in [0, 0.05) is 19.0 Å². The monoisotopic (exact) mass is 283 g/mol. The zero-order valence-electron chi connectivity index (χ0n) is 11.1. The largest absolute Gasteiger partial charge is 0.508 e. The summed E-state index contributed by atoms with van der Waals surface area (Å²) in [4.78, 5) is 21.9. The van der Waals surface area contributed by atoms with E-state index in [1.54, 1.807) is 0 Å². The number of phenols is 1. The molecule has 0 heterocycles. The minimum atomic E-state index is -0.805. The number of hydrogen-bond donors (Lipinski definition) is 3. The Kier molecular flexibility index (Phi) is 6.49. The Morgan fingerprint density at radius 3 is 2.50 bits per heavy atom. The van der Waals surface area contributed by atoms with Gasteiger partial charge in [0.15, 0.2) is 0 Å². The van der Waals surface area contributed by atoms with Gasteiger partial charge in [-0.3, -0.25) is 9.59 Å². The van der Waals surface area contributed by atoms with Crippen molar-refractivity contribution in [3.05, 3.63) is 29.6 Å². The third kappa shape index (κ3) is 5.69. The highest BCUT2D eigenvalue weighted by molar-refractivity contribution is 5.94. The molecule has 0 aliphatic rings. The number of hydrogen-bond acceptors (Lipinski definition) is 3. The SMILES string of the molecule is O=C(O)CCCCCCNC(=O)c1ccc(O)cc1F. The smallest absolute Gasteiger partial charge is 0.303 e. The first kappa shape index (κ1) is 15.9. The van der Waals surface area contributed by atoms with Gasteiger partial charge in [-0.25, -0.2) is 4.39 Å². The first-order valence-electron chi connectivity index (χ1n) is 6.49. The third-order valence-corrected chi connectivity index (χ3v) is 2.80. The Labute approximate surface area is 116 Å². The molecule has 3 N–H and O–H groups in total. The summed E-state index contributed by atoms with van der Waals surface area (Å²) in [5.74, 6) is -2.31. The molecular weight excluding hydrogens is 265 g/mol. The molecule has 5 nitrogen and oxygen atoms in total. The number of benzene rings is 1. The normalized spacial score (nSPS) is 10.2. The van der Waals surface area contributed by atoms with Crippen molar-refractivity contribution >= 4 is 11.9 Å². The standard InChI is InChI=1S/C14H18FNO4/c15-12-9-10(17)6-7-11(12)14(20)16-8-4-2-1-3-5-13(18)19/h6-7,9,17H,1-5,8H2,(H,16,20)(H,18,19). The van der Waals surface area contributed by atoms with E-state index < -0.39 is 17.7 Å². The van der Waals surface area contributed by atoms with Gasteiger partial charge in [-0.15, -0.1) is 0 Å². The Morgan fingerprint density at radius 1 is 1.15 bits per heavy atom. The number of amides is 1. The second-order valence-electron chi connectivity index (χ2n) is 4.48. The fourth-order valence-electron chi connectivity index (χ4n) is 1.74. The maximum atomic E-state index is 13.4. The molecule has 6 heteroatoms. The van der Waals surface area contributed by atoms with Crippen LogP contribution in [0, 0.1) is 5.82 Å². The van der Waals surface area contributed by atoms with Crippen LogP contribution >= 0.6 is 0 Å². The fraction of sp³-hybridized carbons (Fsp3) is 0.429. The quantitative estimate of drug-likeness (QED) is 0.639. The van der Waals surface area contributed by atoms with Crippen molar-refractivity contribution in [1.29, 1.82) is 0 Å². The number of unbranched alkanes of at least 4 members (excludes halogenated alkanes) is 3. The lowest BCUT2D eigenvalue weighted by Crippen LogP contribution is -2.25. The highest BCUT2D eigenvalue weighted by Crippen LogP contribution is 2.14. The number of nitrogens with one attached hydrogen (secondary N) is 1. The topological polar surface area (TPSA) is 86.6 Å². The molecule has 0 fully saturated rings. The highest BCUT2D eigenvalue weighted by atomic mass is 19.1. The van der Waals surface area contributed by atoms with Crippen LogP contribution in [0.25, 0.3) is 0 Å². The van der Waals surface area contributed by atoms with Crippen LogP contribution in [0.1, 0.15) is 42.5 Å². The number of carboxylic acids is 1. The zero-order chi connectivity index (χ0) is 15.0. The number of aliphatic carboxylic acids is 1. The number of rotatable bonds is 8. The molecule has 1 rings (SSSR count). The maximum absolute atomic E-state index is 13.4. The fourth-order valence-corrected chi connectivity index (χ4v) is 1.74. The van der Waals surface area contributed by atoms with Crippen LogP contribution in [0.3, 0.4) is 0 Å². The molecule has 110 valence electrons. The van der Waals surface area contributed by atoms with Crippen LogP contribution in [0.15, 0.2) is 18.2 Å². The van der Waals surface area contributed by atoms with Gasteiger partial charge in [0.25, 0.3) is 5.91 Å². The van der Waals surface area contributed by atoms with E-state index in [0.29, 0.717) is 19.4 Å². The molecule has 0 bridgehead atoms. The molecule has 0 aliphatic heterocycles. The van der Waals surface area contributed by atoms with E-state index in [2.05, 4.69) is 5.32 Å². The van der Waals surface area contributed by atoms with E-state index in [4.69, 9.17) is 10.2 Å². The van der Waals surface area contributed by atoms with E-state index in [9.17, 15) is 14.0 Å². The molecule has 0 saturated carbocycles.